The van der Waals surface area contributed by atoms with Gasteiger partial charge < -0.3 is 9.80 Å². The molecular formula is C25H28N4OS. The van der Waals surface area contributed by atoms with Gasteiger partial charge in [-0.15, -0.1) is 11.3 Å². The van der Waals surface area contributed by atoms with E-state index in [0.29, 0.717) is 5.92 Å². The van der Waals surface area contributed by atoms with Crippen molar-refractivity contribution in [3.63, 3.8) is 0 Å². The lowest BCUT2D eigenvalue weighted by atomic mass is 10.0. The average Bonchev–Trinajstić information content (AvgIpc) is 3.50. The maximum absolute atomic E-state index is 12.7. The second-order valence-electron chi connectivity index (χ2n) is 8.66. The molecule has 0 radical (unpaired) electrons. The van der Waals surface area contributed by atoms with Gasteiger partial charge >= 0.3 is 0 Å². The van der Waals surface area contributed by atoms with E-state index in [9.17, 15) is 4.79 Å². The molecule has 0 spiro atoms. The first kappa shape index (κ1) is 20.2. The van der Waals surface area contributed by atoms with Crippen molar-refractivity contribution in [2.45, 2.75) is 39.0 Å². The fourth-order valence-electron chi connectivity index (χ4n) is 4.18. The minimum atomic E-state index is 0.145. The van der Waals surface area contributed by atoms with Gasteiger partial charge in [0.15, 0.2) is 0 Å². The van der Waals surface area contributed by atoms with Crippen molar-refractivity contribution in [2.75, 3.05) is 31.1 Å². The molecule has 0 atom stereocenters. The van der Waals surface area contributed by atoms with Crippen LogP contribution in [0.3, 0.4) is 0 Å². The van der Waals surface area contributed by atoms with E-state index in [-0.39, 0.29) is 5.91 Å². The maximum Gasteiger partial charge on any atom is 0.264 e. The smallest absolute Gasteiger partial charge is 0.264 e. The Morgan fingerprint density at radius 3 is 2.42 bits per heavy atom. The van der Waals surface area contributed by atoms with Gasteiger partial charge in [-0.2, -0.15) is 0 Å². The van der Waals surface area contributed by atoms with Crippen LogP contribution in [0.1, 0.15) is 56.6 Å². The third-order valence-corrected chi connectivity index (χ3v) is 7.11. The lowest BCUT2D eigenvalue weighted by molar-refractivity contribution is 0.0751. The second kappa shape index (κ2) is 8.42. The van der Waals surface area contributed by atoms with E-state index in [0.717, 1.165) is 54.8 Å². The van der Waals surface area contributed by atoms with Crippen LogP contribution < -0.4 is 4.90 Å². The van der Waals surface area contributed by atoms with Crippen LogP contribution in [-0.4, -0.2) is 47.0 Å². The first-order chi connectivity index (χ1) is 15.1. The van der Waals surface area contributed by atoms with E-state index in [2.05, 4.69) is 43.0 Å². The summed E-state index contributed by atoms with van der Waals surface area (Å²) in [6.07, 6.45) is 3.22. The molecule has 1 saturated heterocycles. The number of thiophene rings is 1. The summed E-state index contributed by atoms with van der Waals surface area (Å²) < 4.78 is 0. The molecule has 1 amide bonds. The zero-order valence-corrected chi connectivity index (χ0v) is 19.0. The molecule has 31 heavy (non-hydrogen) atoms. The number of carbonyl (C=O) groups excluding carboxylic acids is 1. The van der Waals surface area contributed by atoms with Crippen LogP contribution >= 0.6 is 11.3 Å². The normalized spacial score (nSPS) is 16.6. The average molecular weight is 433 g/mol. The molecule has 2 fully saturated rings. The van der Waals surface area contributed by atoms with Crippen molar-refractivity contribution in [3.05, 3.63) is 74.9 Å². The van der Waals surface area contributed by atoms with Gasteiger partial charge in [-0.3, -0.25) is 4.79 Å². The van der Waals surface area contributed by atoms with Crippen molar-refractivity contribution in [1.29, 1.82) is 0 Å². The lowest BCUT2D eigenvalue weighted by Gasteiger charge is -2.36. The Morgan fingerprint density at radius 2 is 1.77 bits per heavy atom. The monoisotopic (exact) mass is 432 g/mol. The molecule has 1 saturated carbocycles. The molecule has 5 rings (SSSR count). The molecule has 1 aliphatic carbocycles. The Kier molecular flexibility index (Phi) is 5.48. The van der Waals surface area contributed by atoms with Gasteiger partial charge in [0.2, 0.25) is 0 Å². The highest BCUT2D eigenvalue weighted by Crippen LogP contribution is 2.39. The fraction of sp³-hybridized carbons (Fsp3) is 0.400. The van der Waals surface area contributed by atoms with Crippen LogP contribution in [0, 0.1) is 13.8 Å². The zero-order chi connectivity index (χ0) is 21.4. The third kappa shape index (κ3) is 4.35. The molecule has 6 heteroatoms. The molecule has 3 aromatic rings. The highest BCUT2D eigenvalue weighted by atomic mass is 32.1. The Hall–Kier alpha value is -2.73. The number of anilines is 1. The molecule has 2 aromatic heterocycles. The number of carbonyl (C=O) groups is 1. The number of aromatic nitrogens is 2. The van der Waals surface area contributed by atoms with E-state index in [4.69, 9.17) is 9.97 Å². The van der Waals surface area contributed by atoms with Crippen molar-refractivity contribution in [1.82, 2.24) is 14.9 Å². The molecular weight excluding hydrogens is 404 g/mol. The molecule has 1 aliphatic heterocycles. The van der Waals surface area contributed by atoms with Gasteiger partial charge in [0.1, 0.15) is 11.6 Å². The molecule has 5 nitrogen and oxygen atoms in total. The maximum atomic E-state index is 12.7. The Labute approximate surface area is 187 Å². The summed E-state index contributed by atoms with van der Waals surface area (Å²) in [7, 11) is 0. The molecule has 2 aliphatic rings. The minimum absolute atomic E-state index is 0.145. The highest BCUT2D eigenvalue weighted by molar-refractivity contribution is 7.12. The van der Waals surface area contributed by atoms with Crippen LogP contribution in [0.25, 0.3) is 0 Å². The predicted octanol–water partition coefficient (Wildman–Crippen LogP) is 4.59. The number of amides is 1. The first-order valence-electron chi connectivity index (χ1n) is 11.1. The van der Waals surface area contributed by atoms with Crippen molar-refractivity contribution in [3.8, 4) is 0 Å². The molecule has 160 valence electrons. The SMILES string of the molecule is Cc1ccc(Cc2c(C)nc(C3CC3)nc2N2CCN(C(=O)c3cccs3)CC2)cc1. The Balaban J connectivity index is 1.39. The van der Waals surface area contributed by atoms with E-state index in [1.165, 1.54) is 40.9 Å². The molecule has 0 unspecified atom stereocenters. The first-order valence-corrected chi connectivity index (χ1v) is 12.0. The second-order valence-corrected chi connectivity index (χ2v) is 9.61. The largest absolute Gasteiger partial charge is 0.353 e. The van der Waals surface area contributed by atoms with Gasteiger partial charge in [0.25, 0.3) is 5.91 Å². The van der Waals surface area contributed by atoms with Crippen molar-refractivity contribution >= 4 is 23.1 Å². The predicted molar refractivity (Wildman–Crippen MR) is 125 cm³/mol. The van der Waals surface area contributed by atoms with Crippen molar-refractivity contribution in [2.24, 2.45) is 0 Å². The summed E-state index contributed by atoms with van der Waals surface area (Å²) in [5.74, 6) is 2.73. The van der Waals surface area contributed by atoms with Gasteiger partial charge in [0, 0.05) is 49.8 Å². The summed E-state index contributed by atoms with van der Waals surface area (Å²) in [6, 6.07) is 12.6. The van der Waals surface area contributed by atoms with E-state index >= 15 is 0 Å². The van der Waals surface area contributed by atoms with Gasteiger partial charge in [-0.25, -0.2) is 9.97 Å². The number of nitrogens with zero attached hydrogens (tertiary/aromatic N) is 4. The quantitative estimate of drug-likeness (QED) is 0.592. The fourth-order valence-corrected chi connectivity index (χ4v) is 4.87. The van der Waals surface area contributed by atoms with Crippen LogP contribution in [0.15, 0.2) is 41.8 Å². The lowest BCUT2D eigenvalue weighted by Crippen LogP contribution is -2.49. The standard InChI is InChI=1S/C25H28N4OS/c1-17-5-7-19(8-6-17)16-21-18(2)26-23(20-9-10-20)27-24(21)28-11-13-29(14-12-28)25(30)22-4-3-15-31-22/h3-8,15,20H,9-14,16H2,1-2H3. The van der Waals surface area contributed by atoms with Gasteiger partial charge in [-0.1, -0.05) is 35.9 Å². The number of piperazine rings is 1. The highest BCUT2D eigenvalue weighted by Gasteiger charge is 2.30. The van der Waals surface area contributed by atoms with E-state index in [1.807, 2.05) is 22.4 Å². The molecule has 0 N–H and O–H groups in total. The van der Waals surface area contributed by atoms with Gasteiger partial charge in [-0.05, 0) is 43.7 Å². The number of hydrogen-bond donors (Lipinski definition) is 0. The van der Waals surface area contributed by atoms with E-state index in [1.54, 1.807) is 0 Å². The number of hydrogen-bond acceptors (Lipinski definition) is 5. The van der Waals surface area contributed by atoms with Crippen LogP contribution in [0.4, 0.5) is 5.82 Å². The Morgan fingerprint density at radius 1 is 1.03 bits per heavy atom. The summed E-state index contributed by atoms with van der Waals surface area (Å²) in [4.78, 5) is 27.8. The Bertz CT molecular complexity index is 1070. The van der Waals surface area contributed by atoms with E-state index < -0.39 is 0 Å². The zero-order valence-electron chi connectivity index (χ0n) is 18.2. The topological polar surface area (TPSA) is 49.3 Å². The third-order valence-electron chi connectivity index (χ3n) is 6.25. The van der Waals surface area contributed by atoms with Crippen molar-refractivity contribution < 1.29 is 4.79 Å². The summed E-state index contributed by atoms with van der Waals surface area (Å²) >= 11 is 1.52. The summed E-state index contributed by atoms with van der Waals surface area (Å²) in [6.45, 7) is 7.30. The number of benzene rings is 1. The van der Waals surface area contributed by atoms with Gasteiger partial charge in [0.05, 0.1) is 4.88 Å². The van der Waals surface area contributed by atoms with Crippen LogP contribution in [0.2, 0.25) is 0 Å². The van der Waals surface area contributed by atoms with Crippen LogP contribution in [-0.2, 0) is 6.42 Å². The summed E-state index contributed by atoms with van der Waals surface area (Å²) in [5, 5.41) is 1.96. The molecule has 3 heterocycles. The minimum Gasteiger partial charge on any atom is -0.353 e. The van der Waals surface area contributed by atoms with Crippen LogP contribution in [0.5, 0.6) is 0 Å². The summed E-state index contributed by atoms with van der Waals surface area (Å²) in [5.41, 5.74) is 4.85. The molecule has 0 bridgehead atoms. The number of rotatable bonds is 5. The molecule has 1 aromatic carbocycles. The number of aryl methyl sites for hydroxylation is 2.